The highest BCUT2D eigenvalue weighted by Crippen LogP contribution is 2.42. The number of aromatic hydroxyl groups is 1. The predicted molar refractivity (Wildman–Crippen MR) is 116 cm³/mol. The molecule has 0 aliphatic carbocycles. The molecule has 3 rings (SSSR count). The van der Waals surface area contributed by atoms with Crippen LogP contribution >= 0.6 is 0 Å². The molecule has 1 amide bonds. The quantitative estimate of drug-likeness (QED) is 0.287. The van der Waals surface area contributed by atoms with Crippen molar-refractivity contribution in [2.45, 2.75) is 32.2 Å². The summed E-state index contributed by atoms with van der Waals surface area (Å²) < 4.78 is 10.6. The standard InChI is InChI=1S/C24H27NO6/c1-4-5-6-13-25-21(15-7-9-16(26)10-8-15)20(23(28)24(25)29)22(27)18-14-17(30-2)11-12-19(18)31-3/h7-12,14,21,26-27H,4-6,13H2,1-3H3/b22-20+. The van der Waals surface area contributed by atoms with E-state index in [1.165, 1.54) is 31.3 Å². The number of rotatable bonds is 8. The van der Waals surface area contributed by atoms with Crippen LogP contribution in [-0.4, -0.2) is 47.6 Å². The van der Waals surface area contributed by atoms with Crippen LogP contribution in [0.4, 0.5) is 0 Å². The fraction of sp³-hybridized carbons (Fsp3) is 0.333. The fourth-order valence-corrected chi connectivity index (χ4v) is 3.79. The number of carbonyl (C=O) groups is 2. The molecule has 0 radical (unpaired) electrons. The van der Waals surface area contributed by atoms with E-state index >= 15 is 0 Å². The molecule has 1 unspecified atom stereocenters. The molecule has 1 aliphatic heterocycles. The summed E-state index contributed by atoms with van der Waals surface area (Å²) in [6, 6.07) is 10.4. The van der Waals surface area contributed by atoms with E-state index in [4.69, 9.17) is 9.47 Å². The number of ether oxygens (including phenoxy) is 2. The van der Waals surface area contributed by atoms with Crippen molar-refractivity contribution in [2.24, 2.45) is 0 Å². The Hall–Kier alpha value is -3.48. The number of phenols is 1. The second-order valence-electron chi connectivity index (χ2n) is 7.36. The number of hydrogen-bond donors (Lipinski definition) is 2. The molecule has 0 saturated carbocycles. The Morgan fingerprint density at radius 2 is 1.74 bits per heavy atom. The molecule has 1 heterocycles. The van der Waals surface area contributed by atoms with Gasteiger partial charge in [-0.3, -0.25) is 9.59 Å². The number of benzene rings is 2. The first-order valence-electron chi connectivity index (χ1n) is 10.2. The minimum atomic E-state index is -0.770. The Kier molecular flexibility index (Phi) is 6.84. The first kappa shape index (κ1) is 22.2. The van der Waals surface area contributed by atoms with Gasteiger partial charge in [0, 0.05) is 6.54 Å². The smallest absolute Gasteiger partial charge is 0.295 e. The number of unbranched alkanes of at least 4 members (excludes halogenated alkanes) is 2. The number of aliphatic hydroxyl groups excluding tert-OH is 1. The molecule has 1 atom stereocenters. The number of carbonyl (C=O) groups excluding carboxylic acids is 2. The van der Waals surface area contributed by atoms with Gasteiger partial charge in [-0.05, 0) is 42.3 Å². The third-order valence-corrected chi connectivity index (χ3v) is 5.41. The van der Waals surface area contributed by atoms with Crippen LogP contribution in [-0.2, 0) is 9.59 Å². The van der Waals surface area contributed by atoms with E-state index in [-0.39, 0.29) is 22.6 Å². The number of amides is 1. The van der Waals surface area contributed by atoms with Crippen molar-refractivity contribution < 1.29 is 29.3 Å². The van der Waals surface area contributed by atoms with Crippen molar-refractivity contribution in [3.05, 3.63) is 59.2 Å². The van der Waals surface area contributed by atoms with Crippen molar-refractivity contribution in [1.82, 2.24) is 4.90 Å². The summed E-state index contributed by atoms with van der Waals surface area (Å²) in [5.74, 6) is -0.846. The van der Waals surface area contributed by atoms with Crippen LogP contribution in [0.15, 0.2) is 48.0 Å². The molecule has 7 nitrogen and oxygen atoms in total. The maximum Gasteiger partial charge on any atom is 0.295 e. The van der Waals surface area contributed by atoms with Gasteiger partial charge in [-0.15, -0.1) is 0 Å². The molecule has 1 fully saturated rings. The second kappa shape index (κ2) is 9.55. The predicted octanol–water partition coefficient (Wildman–Crippen LogP) is 4.02. The van der Waals surface area contributed by atoms with E-state index in [0.29, 0.717) is 23.6 Å². The fourth-order valence-electron chi connectivity index (χ4n) is 3.79. The van der Waals surface area contributed by atoms with Crippen LogP contribution in [0, 0.1) is 0 Å². The zero-order valence-electron chi connectivity index (χ0n) is 17.9. The van der Waals surface area contributed by atoms with Gasteiger partial charge < -0.3 is 24.6 Å². The lowest BCUT2D eigenvalue weighted by atomic mass is 9.94. The zero-order chi connectivity index (χ0) is 22.5. The molecule has 31 heavy (non-hydrogen) atoms. The van der Waals surface area contributed by atoms with E-state index in [0.717, 1.165) is 19.3 Å². The summed E-state index contributed by atoms with van der Waals surface area (Å²) in [5.41, 5.74) is 0.868. The lowest BCUT2D eigenvalue weighted by Crippen LogP contribution is -2.30. The molecule has 0 aromatic heterocycles. The Morgan fingerprint density at radius 1 is 1.03 bits per heavy atom. The highest BCUT2D eigenvalue weighted by molar-refractivity contribution is 6.46. The lowest BCUT2D eigenvalue weighted by molar-refractivity contribution is -0.139. The Bertz CT molecular complexity index is 996. The van der Waals surface area contributed by atoms with Crippen molar-refractivity contribution >= 4 is 17.4 Å². The van der Waals surface area contributed by atoms with Gasteiger partial charge in [-0.25, -0.2) is 0 Å². The molecule has 1 saturated heterocycles. The van der Waals surface area contributed by atoms with Gasteiger partial charge in [0.25, 0.3) is 11.7 Å². The maximum atomic E-state index is 13.0. The Morgan fingerprint density at radius 3 is 2.35 bits per heavy atom. The molecule has 0 spiro atoms. The van der Waals surface area contributed by atoms with Crippen LogP contribution in [0.3, 0.4) is 0 Å². The highest BCUT2D eigenvalue weighted by Gasteiger charge is 2.46. The van der Waals surface area contributed by atoms with Crippen LogP contribution < -0.4 is 9.47 Å². The first-order valence-corrected chi connectivity index (χ1v) is 10.2. The van der Waals surface area contributed by atoms with E-state index in [2.05, 4.69) is 6.92 Å². The summed E-state index contributed by atoms with van der Waals surface area (Å²) in [4.78, 5) is 27.4. The monoisotopic (exact) mass is 425 g/mol. The van der Waals surface area contributed by atoms with E-state index < -0.39 is 17.7 Å². The van der Waals surface area contributed by atoms with E-state index in [9.17, 15) is 19.8 Å². The van der Waals surface area contributed by atoms with Gasteiger partial charge in [0.15, 0.2) is 0 Å². The number of Topliss-reactive ketones (excluding diaryl/α,β-unsaturated/α-hetero) is 1. The molecular formula is C24H27NO6. The van der Waals surface area contributed by atoms with Gasteiger partial charge in [-0.2, -0.15) is 0 Å². The number of hydrogen-bond acceptors (Lipinski definition) is 6. The zero-order valence-corrected chi connectivity index (χ0v) is 17.9. The molecular weight excluding hydrogens is 398 g/mol. The number of likely N-dealkylation sites (tertiary alicyclic amines) is 1. The highest BCUT2D eigenvalue weighted by atomic mass is 16.5. The summed E-state index contributed by atoms with van der Waals surface area (Å²) in [6.07, 6.45) is 2.62. The molecule has 1 aliphatic rings. The summed E-state index contributed by atoms with van der Waals surface area (Å²) >= 11 is 0. The van der Waals surface area contributed by atoms with Gasteiger partial charge in [0.2, 0.25) is 0 Å². The van der Waals surface area contributed by atoms with Gasteiger partial charge in [0.05, 0.1) is 31.4 Å². The van der Waals surface area contributed by atoms with Gasteiger partial charge in [0.1, 0.15) is 23.0 Å². The molecule has 2 N–H and O–H groups in total. The minimum absolute atomic E-state index is 0.0151. The van der Waals surface area contributed by atoms with Crippen LogP contribution in [0.5, 0.6) is 17.2 Å². The average Bonchev–Trinajstić information content (AvgIpc) is 3.03. The third kappa shape index (κ3) is 4.35. The van der Waals surface area contributed by atoms with Crippen molar-refractivity contribution in [3.63, 3.8) is 0 Å². The molecule has 2 aromatic carbocycles. The SMILES string of the molecule is CCCCCN1C(=O)C(=O)/C(=C(/O)c2cc(OC)ccc2OC)C1c1ccc(O)cc1. The second-order valence-corrected chi connectivity index (χ2v) is 7.36. The number of methoxy groups -OCH3 is 2. The maximum absolute atomic E-state index is 13.0. The van der Waals surface area contributed by atoms with Crippen molar-refractivity contribution in [2.75, 3.05) is 20.8 Å². The third-order valence-electron chi connectivity index (χ3n) is 5.41. The number of ketones is 1. The van der Waals surface area contributed by atoms with Gasteiger partial charge >= 0.3 is 0 Å². The Balaban J connectivity index is 2.18. The van der Waals surface area contributed by atoms with Crippen LogP contribution in [0.25, 0.3) is 5.76 Å². The normalized spacial score (nSPS) is 17.8. The van der Waals surface area contributed by atoms with Crippen molar-refractivity contribution in [3.8, 4) is 17.2 Å². The number of aliphatic hydroxyl groups is 1. The number of phenolic OH excluding ortho intramolecular Hbond substituents is 1. The minimum Gasteiger partial charge on any atom is -0.508 e. The lowest BCUT2D eigenvalue weighted by Gasteiger charge is -2.25. The molecule has 0 bridgehead atoms. The molecule has 2 aromatic rings. The van der Waals surface area contributed by atoms with Crippen molar-refractivity contribution in [1.29, 1.82) is 0 Å². The van der Waals surface area contributed by atoms with Crippen LogP contribution in [0.2, 0.25) is 0 Å². The van der Waals surface area contributed by atoms with Gasteiger partial charge in [-0.1, -0.05) is 31.9 Å². The van der Waals surface area contributed by atoms with Crippen LogP contribution in [0.1, 0.15) is 43.4 Å². The summed E-state index contributed by atoms with van der Waals surface area (Å²) in [6.45, 7) is 2.44. The first-order chi connectivity index (χ1) is 14.9. The van der Waals surface area contributed by atoms with E-state index in [1.807, 2.05) is 0 Å². The topological polar surface area (TPSA) is 96.3 Å². The molecule has 164 valence electrons. The Labute approximate surface area is 181 Å². The van der Waals surface area contributed by atoms with E-state index in [1.54, 1.807) is 30.3 Å². The summed E-state index contributed by atoms with van der Waals surface area (Å²) in [5, 5.41) is 20.9. The summed E-state index contributed by atoms with van der Waals surface area (Å²) in [7, 11) is 2.95. The number of nitrogens with zero attached hydrogens (tertiary/aromatic N) is 1. The molecule has 7 heteroatoms. The largest absolute Gasteiger partial charge is 0.508 e. The average molecular weight is 425 g/mol.